The Balaban J connectivity index is 2.09. The molecule has 0 saturated carbocycles. The van der Waals surface area contributed by atoms with Crippen LogP contribution in [0.25, 0.3) is 0 Å². The van der Waals surface area contributed by atoms with Crippen molar-refractivity contribution in [3.05, 3.63) is 65.7 Å². The monoisotopic (exact) mass is 512 g/mol. The number of benzene rings is 2. The second kappa shape index (κ2) is 14.0. The summed E-state index contributed by atoms with van der Waals surface area (Å²) in [5.41, 5.74) is 7.51. The molecule has 2 aromatic rings. The number of carboxylic acid groups (broad SMARTS) is 1. The zero-order valence-electron chi connectivity index (χ0n) is 21.3. The normalized spacial score (nSPS) is 14.2. The van der Waals surface area contributed by atoms with Crippen molar-refractivity contribution < 1.29 is 29.4 Å². The fraction of sp³-hybridized carbons (Fsp3) is 0.407. The van der Waals surface area contributed by atoms with Gasteiger partial charge in [-0.3, -0.25) is 14.4 Å². The molecule has 0 heterocycles. The SMILES string of the molecule is CC(C)CC(NC(=O)C(Cc1ccc(O)cc1)NC(=O)C(C)NC(=O)C(N)Cc1ccccc1)C(=O)O. The number of carbonyl (C=O) groups is 4. The lowest BCUT2D eigenvalue weighted by Crippen LogP contribution is -2.57. The van der Waals surface area contributed by atoms with E-state index in [1.54, 1.807) is 12.1 Å². The van der Waals surface area contributed by atoms with Crippen LogP contribution in [0.1, 0.15) is 38.3 Å². The number of amides is 3. The molecule has 0 bridgehead atoms. The van der Waals surface area contributed by atoms with Gasteiger partial charge in [0, 0.05) is 6.42 Å². The third-order valence-electron chi connectivity index (χ3n) is 5.72. The van der Waals surface area contributed by atoms with Gasteiger partial charge in [-0.1, -0.05) is 56.3 Å². The predicted molar refractivity (Wildman–Crippen MR) is 138 cm³/mol. The first-order chi connectivity index (χ1) is 17.5. The van der Waals surface area contributed by atoms with Crippen LogP contribution in [0, 0.1) is 5.92 Å². The highest BCUT2D eigenvalue weighted by Crippen LogP contribution is 2.12. The Morgan fingerprint density at radius 2 is 1.32 bits per heavy atom. The average Bonchev–Trinajstić information content (AvgIpc) is 2.84. The molecule has 7 N–H and O–H groups in total. The zero-order valence-corrected chi connectivity index (χ0v) is 21.3. The summed E-state index contributed by atoms with van der Waals surface area (Å²) in [6, 6.07) is 11.2. The van der Waals surface area contributed by atoms with Gasteiger partial charge in [0.05, 0.1) is 6.04 Å². The van der Waals surface area contributed by atoms with Crippen LogP contribution in [0.15, 0.2) is 54.6 Å². The molecule has 2 rings (SSSR count). The summed E-state index contributed by atoms with van der Waals surface area (Å²) < 4.78 is 0. The molecule has 0 radical (unpaired) electrons. The van der Waals surface area contributed by atoms with Gasteiger partial charge >= 0.3 is 5.97 Å². The van der Waals surface area contributed by atoms with Crippen molar-refractivity contribution in [1.82, 2.24) is 16.0 Å². The Labute approximate surface area is 216 Å². The van der Waals surface area contributed by atoms with Crippen LogP contribution in [-0.2, 0) is 32.0 Å². The van der Waals surface area contributed by atoms with E-state index in [1.165, 1.54) is 19.1 Å². The summed E-state index contributed by atoms with van der Waals surface area (Å²) in [4.78, 5) is 50.2. The van der Waals surface area contributed by atoms with E-state index in [4.69, 9.17) is 5.73 Å². The molecule has 0 spiro atoms. The Morgan fingerprint density at radius 1 is 0.757 bits per heavy atom. The molecule has 0 fully saturated rings. The molecule has 0 aliphatic carbocycles. The molecule has 0 aromatic heterocycles. The van der Waals surface area contributed by atoms with Gasteiger partial charge in [0.25, 0.3) is 0 Å². The van der Waals surface area contributed by atoms with Crippen LogP contribution in [0.3, 0.4) is 0 Å². The van der Waals surface area contributed by atoms with Crippen molar-refractivity contribution in [3.63, 3.8) is 0 Å². The van der Waals surface area contributed by atoms with Gasteiger partial charge in [0.1, 0.15) is 23.9 Å². The maximum Gasteiger partial charge on any atom is 0.326 e. The van der Waals surface area contributed by atoms with Crippen LogP contribution in [0.5, 0.6) is 5.75 Å². The highest BCUT2D eigenvalue weighted by Gasteiger charge is 2.29. The van der Waals surface area contributed by atoms with E-state index in [-0.39, 0.29) is 24.5 Å². The van der Waals surface area contributed by atoms with Gasteiger partial charge in [-0.2, -0.15) is 0 Å². The summed E-state index contributed by atoms with van der Waals surface area (Å²) in [6.07, 6.45) is 0.548. The quantitative estimate of drug-likeness (QED) is 0.233. The second-order valence-corrected chi connectivity index (χ2v) is 9.49. The number of nitrogens with one attached hydrogen (secondary N) is 3. The molecule has 4 unspecified atom stereocenters. The molecule has 200 valence electrons. The lowest BCUT2D eigenvalue weighted by Gasteiger charge is -2.24. The number of carboxylic acids is 1. The molecule has 3 amide bonds. The minimum atomic E-state index is -1.18. The summed E-state index contributed by atoms with van der Waals surface area (Å²) in [7, 11) is 0. The molecule has 4 atom stereocenters. The smallest absolute Gasteiger partial charge is 0.326 e. The van der Waals surface area contributed by atoms with Crippen molar-refractivity contribution in [2.24, 2.45) is 11.7 Å². The van der Waals surface area contributed by atoms with E-state index in [9.17, 15) is 29.4 Å². The molecule has 2 aromatic carbocycles. The highest BCUT2D eigenvalue weighted by atomic mass is 16.4. The van der Waals surface area contributed by atoms with Crippen LogP contribution < -0.4 is 21.7 Å². The number of phenols is 1. The summed E-state index contributed by atoms with van der Waals surface area (Å²) in [5, 5.41) is 26.7. The fourth-order valence-electron chi connectivity index (χ4n) is 3.69. The Hall–Kier alpha value is -3.92. The molecule has 0 saturated heterocycles. The van der Waals surface area contributed by atoms with E-state index in [0.29, 0.717) is 12.0 Å². The molecule has 0 aliphatic rings. The summed E-state index contributed by atoms with van der Waals surface area (Å²) in [6.45, 7) is 5.14. The van der Waals surface area contributed by atoms with E-state index in [2.05, 4.69) is 16.0 Å². The van der Waals surface area contributed by atoms with Crippen molar-refractivity contribution in [3.8, 4) is 5.75 Å². The van der Waals surface area contributed by atoms with Crippen molar-refractivity contribution >= 4 is 23.7 Å². The van der Waals surface area contributed by atoms with E-state index >= 15 is 0 Å². The van der Waals surface area contributed by atoms with Crippen LogP contribution in [-0.4, -0.2) is 58.1 Å². The summed E-state index contributed by atoms with van der Waals surface area (Å²) in [5.74, 6) is -2.94. The van der Waals surface area contributed by atoms with Gasteiger partial charge in [0.15, 0.2) is 0 Å². The Morgan fingerprint density at radius 3 is 1.89 bits per heavy atom. The first-order valence-corrected chi connectivity index (χ1v) is 12.2. The maximum absolute atomic E-state index is 13.1. The molecular formula is C27H36N4O6. The minimum Gasteiger partial charge on any atom is -0.508 e. The standard InChI is InChI=1S/C27H36N4O6/c1-16(2)13-23(27(36)37)31-26(35)22(15-19-9-11-20(32)12-10-19)30-24(33)17(3)29-25(34)21(28)14-18-7-5-4-6-8-18/h4-12,16-17,21-23,32H,13-15,28H2,1-3H3,(H,29,34)(H,30,33)(H,31,35)(H,36,37). The van der Waals surface area contributed by atoms with Crippen LogP contribution in [0.4, 0.5) is 0 Å². The number of aliphatic carboxylic acids is 1. The largest absolute Gasteiger partial charge is 0.508 e. The number of phenolic OH excluding ortho intramolecular Hbond substituents is 1. The van der Waals surface area contributed by atoms with Gasteiger partial charge in [-0.25, -0.2) is 4.79 Å². The summed E-state index contributed by atoms with van der Waals surface area (Å²) >= 11 is 0. The van der Waals surface area contributed by atoms with Crippen molar-refractivity contribution in [1.29, 1.82) is 0 Å². The number of hydrogen-bond donors (Lipinski definition) is 6. The Kier molecular flexibility index (Phi) is 11.1. The molecule has 0 aliphatic heterocycles. The van der Waals surface area contributed by atoms with E-state index in [1.807, 2.05) is 44.2 Å². The number of aromatic hydroxyl groups is 1. The van der Waals surface area contributed by atoms with E-state index < -0.39 is 47.9 Å². The third-order valence-corrected chi connectivity index (χ3v) is 5.72. The third kappa shape index (κ3) is 9.92. The topological polar surface area (TPSA) is 171 Å². The molecular weight excluding hydrogens is 476 g/mol. The van der Waals surface area contributed by atoms with Crippen LogP contribution in [0.2, 0.25) is 0 Å². The zero-order chi connectivity index (χ0) is 27.5. The highest BCUT2D eigenvalue weighted by molar-refractivity contribution is 5.94. The number of hydrogen-bond acceptors (Lipinski definition) is 6. The lowest BCUT2D eigenvalue weighted by atomic mass is 10.0. The average molecular weight is 513 g/mol. The first-order valence-electron chi connectivity index (χ1n) is 12.2. The number of carbonyl (C=O) groups excluding carboxylic acids is 3. The maximum atomic E-state index is 13.1. The van der Waals surface area contributed by atoms with E-state index in [0.717, 1.165) is 5.56 Å². The lowest BCUT2D eigenvalue weighted by molar-refractivity contribution is -0.142. The number of nitrogens with two attached hydrogens (primary N) is 1. The van der Waals surface area contributed by atoms with Gasteiger partial charge in [0.2, 0.25) is 17.7 Å². The second-order valence-electron chi connectivity index (χ2n) is 9.49. The van der Waals surface area contributed by atoms with Crippen LogP contribution >= 0.6 is 0 Å². The number of rotatable bonds is 13. The minimum absolute atomic E-state index is 0.0156. The van der Waals surface area contributed by atoms with Crippen molar-refractivity contribution in [2.45, 2.75) is 64.2 Å². The molecule has 10 heteroatoms. The molecule has 10 nitrogen and oxygen atoms in total. The Bertz CT molecular complexity index is 1060. The van der Waals surface area contributed by atoms with Gasteiger partial charge in [-0.15, -0.1) is 0 Å². The van der Waals surface area contributed by atoms with Gasteiger partial charge < -0.3 is 31.9 Å². The molecule has 37 heavy (non-hydrogen) atoms. The van der Waals surface area contributed by atoms with Crippen molar-refractivity contribution in [2.75, 3.05) is 0 Å². The fourth-order valence-corrected chi connectivity index (χ4v) is 3.69. The predicted octanol–water partition coefficient (Wildman–Crippen LogP) is 1.11. The van der Waals surface area contributed by atoms with Gasteiger partial charge in [-0.05, 0) is 48.9 Å². The first kappa shape index (κ1) is 29.3.